The van der Waals surface area contributed by atoms with Crippen LogP contribution in [0, 0.1) is 5.82 Å². The van der Waals surface area contributed by atoms with Gasteiger partial charge >= 0.3 is 0 Å². The molecule has 2 N–H and O–H groups in total. The molecule has 0 aliphatic heterocycles. The van der Waals surface area contributed by atoms with Crippen LogP contribution in [0.3, 0.4) is 0 Å². The van der Waals surface area contributed by atoms with Crippen LogP contribution in [0.2, 0.25) is 5.02 Å². The van der Waals surface area contributed by atoms with Gasteiger partial charge in [-0.1, -0.05) is 11.6 Å². The van der Waals surface area contributed by atoms with E-state index < -0.39 is 0 Å². The molecule has 0 fully saturated rings. The van der Waals surface area contributed by atoms with Crippen LogP contribution in [0.5, 0.6) is 0 Å². The Bertz CT molecular complexity index is 938. The number of hydrogen-bond donors (Lipinski definition) is 2. The minimum atomic E-state index is -0.380. The molecule has 0 aliphatic rings. The molecule has 4 nitrogen and oxygen atoms in total. The van der Waals surface area contributed by atoms with Crippen LogP contribution in [0.4, 0.5) is 10.1 Å². The molecular weight excluding hydrogens is 351 g/mol. The average Bonchev–Trinajstić information content (AvgIpc) is 2.91. The largest absolute Gasteiger partial charge is 0.355 e. The Morgan fingerprint density at radius 3 is 2.46 bits per heavy atom. The molecule has 2 amide bonds. The Labute approximate surface area is 146 Å². The summed E-state index contributed by atoms with van der Waals surface area (Å²) in [6.07, 6.45) is 0. The van der Waals surface area contributed by atoms with Crippen LogP contribution in [0.1, 0.15) is 20.0 Å². The van der Waals surface area contributed by atoms with E-state index in [1.807, 2.05) is 0 Å². The zero-order valence-corrected chi connectivity index (χ0v) is 14.1. The maximum atomic E-state index is 13.3. The molecule has 7 heteroatoms. The summed E-state index contributed by atoms with van der Waals surface area (Å²) in [4.78, 5) is 24.2. The van der Waals surface area contributed by atoms with E-state index in [4.69, 9.17) is 11.6 Å². The van der Waals surface area contributed by atoms with Gasteiger partial charge in [0.15, 0.2) is 0 Å². The average molecular weight is 363 g/mol. The molecule has 3 aromatic rings. The van der Waals surface area contributed by atoms with Crippen molar-refractivity contribution in [2.75, 3.05) is 12.4 Å². The lowest BCUT2D eigenvalue weighted by molar-refractivity contribution is 0.0962. The van der Waals surface area contributed by atoms with Gasteiger partial charge in [0.25, 0.3) is 11.8 Å². The summed E-state index contributed by atoms with van der Waals surface area (Å²) >= 11 is 7.36. The van der Waals surface area contributed by atoms with Crippen LogP contribution in [-0.2, 0) is 0 Å². The van der Waals surface area contributed by atoms with Gasteiger partial charge in [-0.3, -0.25) is 9.59 Å². The molecule has 1 aromatic heterocycles. The number of amides is 2. The van der Waals surface area contributed by atoms with E-state index in [2.05, 4.69) is 10.6 Å². The van der Waals surface area contributed by atoms with Crippen molar-refractivity contribution in [1.29, 1.82) is 0 Å². The van der Waals surface area contributed by atoms with Gasteiger partial charge in [-0.05, 0) is 42.5 Å². The lowest BCUT2D eigenvalue weighted by Crippen LogP contribution is -2.17. The van der Waals surface area contributed by atoms with Crippen LogP contribution < -0.4 is 10.6 Å². The van der Waals surface area contributed by atoms with Gasteiger partial charge in [-0.15, -0.1) is 11.3 Å². The number of halogens is 2. The summed E-state index contributed by atoms with van der Waals surface area (Å²) < 4.78 is 13.9. The fraction of sp³-hybridized carbons (Fsp3) is 0.0588. The molecule has 122 valence electrons. The summed E-state index contributed by atoms with van der Waals surface area (Å²) in [5.41, 5.74) is 1.03. The van der Waals surface area contributed by atoms with E-state index in [1.165, 1.54) is 12.1 Å². The van der Waals surface area contributed by atoms with Crippen molar-refractivity contribution < 1.29 is 14.0 Å². The highest BCUT2D eigenvalue weighted by Crippen LogP contribution is 2.36. The minimum absolute atomic E-state index is 0.206. The monoisotopic (exact) mass is 362 g/mol. The maximum absolute atomic E-state index is 13.3. The summed E-state index contributed by atoms with van der Waals surface area (Å²) in [5, 5.41) is 6.18. The molecule has 2 aromatic carbocycles. The van der Waals surface area contributed by atoms with Crippen LogP contribution in [-0.4, -0.2) is 18.9 Å². The van der Waals surface area contributed by atoms with Crippen LogP contribution in [0.25, 0.3) is 10.1 Å². The van der Waals surface area contributed by atoms with Crippen molar-refractivity contribution >= 4 is 50.5 Å². The third kappa shape index (κ3) is 3.11. The molecule has 0 spiro atoms. The van der Waals surface area contributed by atoms with E-state index in [1.54, 1.807) is 37.4 Å². The molecule has 0 saturated heterocycles. The van der Waals surface area contributed by atoms with E-state index >= 15 is 0 Å². The second-order valence-electron chi connectivity index (χ2n) is 5.00. The van der Waals surface area contributed by atoms with Crippen molar-refractivity contribution in [2.45, 2.75) is 0 Å². The summed E-state index contributed by atoms with van der Waals surface area (Å²) in [7, 11) is 1.55. The predicted molar refractivity (Wildman–Crippen MR) is 94.6 cm³/mol. The molecule has 24 heavy (non-hydrogen) atoms. The molecule has 3 rings (SSSR count). The van der Waals surface area contributed by atoms with Gasteiger partial charge in [0.05, 0.1) is 5.02 Å². The summed E-state index contributed by atoms with van der Waals surface area (Å²) in [6, 6.07) is 10.7. The van der Waals surface area contributed by atoms with E-state index in [-0.39, 0.29) is 17.6 Å². The number of fused-ring (bicyclic) bond motifs is 1. The van der Waals surface area contributed by atoms with Gasteiger partial charge in [0, 0.05) is 28.4 Å². The predicted octanol–water partition coefficient (Wildman–Crippen LogP) is 4.31. The highest BCUT2D eigenvalue weighted by molar-refractivity contribution is 7.21. The first kappa shape index (κ1) is 16.4. The van der Waals surface area contributed by atoms with Gasteiger partial charge in [0.2, 0.25) is 0 Å². The number of benzene rings is 2. The lowest BCUT2D eigenvalue weighted by Gasteiger charge is -2.05. The van der Waals surface area contributed by atoms with Crippen molar-refractivity contribution in [3.63, 3.8) is 0 Å². The molecule has 1 heterocycles. The molecule has 0 radical (unpaired) electrons. The second kappa shape index (κ2) is 6.59. The van der Waals surface area contributed by atoms with E-state index in [0.29, 0.717) is 31.2 Å². The number of rotatable bonds is 3. The highest BCUT2D eigenvalue weighted by Gasteiger charge is 2.17. The quantitative estimate of drug-likeness (QED) is 0.729. The van der Waals surface area contributed by atoms with Crippen molar-refractivity contribution in [2.24, 2.45) is 0 Å². The fourth-order valence-corrected chi connectivity index (χ4v) is 3.66. The highest BCUT2D eigenvalue weighted by atomic mass is 35.5. The zero-order chi connectivity index (χ0) is 17.3. The molecule has 0 bridgehead atoms. The molecular formula is C17H12ClFN2O2S. The number of carbonyl (C=O) groups is 2. The SMILES string of the molecule is CNC(=O)c1ccc(NC(=O)c2sc3cc(F)ccc3c2Cl)cc1. The first-order valence-corrected chi connectivity index (χ1v) is 8.20. The standard InChI is InChI=1S/C17H12ClFN2O2S/c1-20-16(22)9-2-5-11(6-3-9)21-17(23)15-14(18)12-7-4-10(19)8-13(12)24-15/h2-8H,1H3,(H,20,22)(H,21,23). The van der Waals surface area contributed by atoms with Crippen LogP contribution in [0.15, 0.2) is 42.5 Å². The molecule has 0 aliphatic carbocycles. The Morgan fingerprint density at radius 2 is 1.79 bits per heavy atom. The van der Waals surface area contributed by atoms with Crippen molar-refractivity contribution in [1.82, 2.24) is 5.32 Å². The zero-order valence-electron chi connectivity index (χ0n) is 12.5. The minimum Gasteiger partial charge on any atom is -0.355 e. The Kier molecular flexibility index (Phi) is 4.51. The number of anilines is 1. The number of carbonyl (C=O) groups excluding carboxylic acids is 2. The Balaban J connectivity index is 1.85. The molecule has 0 unspecified atom stereocenters. The van der Waals surface area contributed by atoms with Gasteiger partial charge in [-0.2, -0.15) is 0 Å². The smallest absolute Gasteiger partial charge is 0.267 e. The Morgan fingerprint density at radius 1 is 1.08 bits per heavy atom. The first-order valence-electron chi connectivity index (χ1n) is 7.00. The van der Waals surface area contributed by atoms with Gasteiger partial charge < -0.3 is 10.6 Å². The second-order valence-corrected chi connectivity index (χ2v) is 6.43. The summed E-state index contributed by atoms with van der Waals surface area (Å²) in [6.45, 7) is 0. The maximum Gasteiger partial charge on any atom is 0.267 e. The van der Waals surface area contributed by atoms with E-state index in [0.717, 1.165) is 11.3 Å². The topological polar surface area (TPSA) is 58.2 Å². The van der Waals surface area contributed by atoms with Crippen LogP contribution >= 0.6 is 22.9 Å². The number of nitrogens with one attached hydrogen (secondary N) is 2. The van der Waals surface area contributed by atoms with Crippen molar-refractivity contribution in [3.05, 3.63) is 63.7 Å². The molecule has 0 atom stereocenters. The van der Waals surface area contributed by atoms with Gasteiger partial charge in [-0.25, -0.2) is 4.39 Å². The van der Waals surface area contributed by atoms with Gasteiger partial charge in [0.1, 0.15) is 10.7 Å². The number of hydrogen-bond acceptors (Lipinski definition) is 3. The van der Waals surface area contributed by atoms with Crippen molar-refractivity contribution in [3.8, 4) is 0 Å². The lowest BCUT2D eigenvalue weighted by atomic mass is 10.2. The summed E-state index contributed by atoms with van der Waals surface area (Å²) in [5.74, 6) is -0.964. The third-order valence-electron chi connectivity index (χ3n) is 3.43. The number of thiophene rings is 1. The Hall–Kier alpha value is -2.44. The third-order valence-corrected chi connectivity index (χ3v) is 5.09. The first-order chi connectivity index (χ1) is 11.5. The van der Waals surface area contributed by atoms with E-state index in [9.17, 15) is 14.0 Å². The molecule has 0 saturated carbocycles. The fourth-order valence-electron chi connectivity index (χ4n) is 2.22. The normalized spacial score (nSPS) is 10.6.